The summed E-state index contributed by atoms with van der Waals surface area (Å²) in [6.45, 7) is 1.14. The van der Waals surface area contributed by atoms with E-state index in [0.29, 0.717) is 30.9 Å². The Morgan fingerprint density at radius 1 is 1.10 bits per heavy atom. The number of carbonyl (C=O) groups excluding carboxylic acids is 2. The van der Waals surface area contributed by atoms with Crippen LogP contribution in [0.1, 0.15) is 31.0 Å². The van der Waals surface area contributed by atoms with Gasteiger partial charge in [0.2, 0.25) is 5.82 Å². The van der Waals surface area contributed by atoms with Crippen LogP contribution in [-0.4, -0.2) is 90.7 Å². The Morgan fingerprint density at radius 2 is 1.72 bits per heavy atom. The van der Waals surface area contributed by atoms with Crippen molar-refractivity contribution in [3.05, 3.63) is 27.7 Å². The van der Waals surface area contributed by atoms with E-state index in [2.05, 4.69) is 15.1 Å². The molecule has 13 heteroatoms. The van der Waals surface area contributed by atoms with Gasteiger partial charge in [0.25, 0.3) is 11.8 Å². The number of thiazole rings is 1. The standard InChI is InChI=1S/C14H18N6O2S.C2H2O4/c1-18(2)14(22)12-16-9-4-6-20(7-5-10(9)23-12)13(21)11-15-8-19(3)17-11;3-1(4)2(5)6/h8H,4-7H2,1-3H3;(H,3,4)(H,5,6). The van der Waals surface area contributed by atoms with Gasteiger partial charge < -0.3 is 20.0 Å². The average molecular weight is 424 g/mol. The van der Waals surface area contributed by atoms with E-state index >= 15 is 0 Å². The molecule has 2 amide bonds. The quantitative estimate of drug-likeness (QED) is 0.598. The number of rotatable bonds is 2. The van der Waals surface area contributed by atoms with Crippen molar-refractivity contribution in [3.63, 3.8) is 0 Å². The number of aryl methyl sites for hydroxylation is 1. The Morgan fingerprint density at radius 3 is 2.24 bits per heavy atom. The van der Waals surface area contributed by atoms with Crippen LogP contribution in [0.3, 0.4) is 0 Å². The molecule has 1 aliphatic rings. The van der Waals surface area contributed by atoms with E-state index in [9.17, 15) is 9.59 Å². The van der Waals surface area contributed by atoms with Crippen molar-refractivity contribution in [2.75, 3.05) is 27.2 Å². The lowest BCUT2D eigenvalue weighted by molar-refractivity contribution is -0.159. The number of hydrogen-bond acceptors (Lipinski definition) is 8. The summed E-state index contributed by atoms with van der Waals surface area (Å²) in [7, 11) is 5.17. The fourth-order valence-electron chi connectivity index (χ4n) is 2.43. The second kappa shape index (κ2) is 9.23. The van der Waals surface area contributed by atoms with Crippen molar-refractivity contribution in [1.82, 2.24) is 29.5 Å². The van der Waals surface area contributed by atoms with Crippen molar-refractivity contribution in [2.24, 2.45) is 7.05 Å². The maximum atomic E-state index is 12.4. The molecule has 0 radical (unpaired) electrons. The highest BCUT2D eigenvalue weighted by Gasteiger charge is 2.25. The van der Waals surface area contributed by atoms with Gasteiger partial charge in [0.15, 0.2) is 5.01 Å². The number of nitrogens with zero attached hydrogens (tertiary/aromatic N) is 6. The largest absolute Gasteiger partial charge is 0.473 e. The molecule has 2 aromatic heterocycles. The van der Waals surface area contributed by atoms with Crippen molar-refractivity contribution in [1.29, 1.82) is 0 Å². The van der Waals surface area contributed by atoms with E-state index in [1.165, 1.54) is 27.2 Å². The fourth-order valence-corrected chi connectivity index (χ4v) is 3.55. The van der Waals surface area contributed by atoms with E-state index in [-0.39, 0.29) is 17.6 Å². The Bertz CT molecular complexity index is 899. The third kappa shape index (κ3) is 5.57. The molecule has 156 valence electrons. The van der Waals surface area contributed by atoms with E-state index in [1.807, 2.05) is 0 Å². The Balaban J connectivity index is 0.000000438. The molecule has 2 aromatic rings. The molecule has 0 aliphatic carbocycles. The highest BCUT2D eigenvalue weighted by Crippen LogP contribution is 2.24. The van der Waals surface area contributed by atoms with E-state index in [0.717, 1.165) is 10.6 Å². The number of hydrogen-bond donors (Lipinski definition) is 2. The van der Waals surface area contributed by atoms with Gasteiger partial charge in [-0.15, -0.1) is 16.4 Å². The lowest BCUT2D eigenvalue weighted by Gasteiger charge is -2.18. The highest BCUT2D eigenvalue weighted by atomic mass is 32.1. The Hall–Kier alpha value is -3.35. The zero-order chi connectivity index (χ0) is 21.7. The molecule has 0 fully saturated rings. The predicted octanol–water partition coefficient (Wildman–Crippen LogP) is -0.630. The van der Waals surface area contributed by atoms with Gasteiger partial charge >= 0.3 is 11.9 Å². The molecule has 1 aliphatic heterocycles. The van der Waals surface area contributed by atoms with Crippen molar-refractivity contribution < 1.29 is 29.4 Å². The molecule has 3 heterocycles. The molecule has 0 atom stereocenters. The number of aliphatic carboxylic acids is 2. The summed E-state index contributed by atoms with van der Waals surface area (Å²) >= 11 is 1.42. The predicted molar refractivity (Wildman–Crippen MR) is 99.7 cm³/mol. The molecule has 3 rings (SSSR count). The van der Waals surface area contributed by atoms with Crippen LogP contribution in [0.15, 0.2) is 6.33 Å². The summed E-state index contributed by atoms with van der Waals surface area (Å²) in [5.74, 6) is -3.67. The van der Waals surface area contributed by atoms with Gasteiger partial charge in [0, 0.05) is 52.0 Å². The summed E-state index contributed by atoms with van der Waals surface area (Å²) in [5, 5.41) is 19.4. The minimum Gasteiger partial charge on any atom is -0.473 e. The number of carbonyl (C=O) groups is 4. The number of aromatic nitrogens is 4. The molecule has 0 aromatic carbocycles. The lowest BCUT2D eigenvalue weighted by atomic mass is 10.2. The normalized spacial score (nSPS) is 12.9. The third-order valence-electron chi connectivity index (χ3n) is 3.86. The number of carboxylic acids is 2. The van der Waals surface area contributed by atoms with Gasteiger partial charge in [0.05, 0.1) is 5.69 Å². The monoisotopic (exact) mass is 424 g/mol. The molecule has 0 bridgehead atoms. The molecule has 0 unspecified atom stereocenters. The van der Waals surface area contributed by atoms with Gasteiger partial charge in [-0.05, 0) is 0 Å². The summed E-state index contributed by atoms with van der Waals surface area (Å²) in [6, 6.07) is 0. The van der Waals surface area contributed by atoms with Gasteiger partial charge in [-0.25, -0.2) is 19.6 Å². The topological polar surface area (TPSA) is 159 Å². The van der Waals surface area contributed by atoms with Crippen molar-refractivity contribution >= 4 is 35.1 Å². The van der Waals surface area contributed by atoms with Gasteiger partial charge in [-0.1, -0.05) is 0 Å². The SMILES string of the molecule is CN(C)C(=O)c1nc2c(s1)CCN(C(=O)c1ncn(C)n1)CC2.O=C(O)C(=O)O. The third-order valence-corrected chi connectivity index (χ3v) is 5.00. The van der Waals surface area contributed by atoms with Crippen LogP contribution in [0.25, 0.3) is 0 Å². The summed E-state index contributed by atoms with van der Waals surface area (Å²) in [6.07, 6.45) is 2.86. The average Bonchev–Trinajstić information content (AvgIpc) is 3.22. The van der Waals surface area contributed by atoms with Crippen LogP contribution >= 0.6 is 11.3 Å². The number of fused-ring (bicyclic) bond motifs is 1. The first kappa shape index (κ1) is 21.9. The molecule has 0 spiro atoms. The molecule has 12 nitrogen and oxygen atoms in total. The summed E-state index contributed by atoms with van der Waals surface area (Å²) < 4.78 is 1.52. The molecule has 2 N–H and O–H groups in total. The Kier molecular flexibility index (Phi) is 6.98. The molecule has 0 saturated carbocycles. The zero-order valence-electron chi connectivity index (χ0n) is 16.0. The zero-order valence-corrected chi connectivity index (χ0v) is 16.8. The number of amides is 2. The molecular formula is C16H20N6O6S. The molecule has 29 heavy (non-hydrogen) atoms. The summed E-state index contributed by atoms with van der Waals surface area (Å²) in [5.41, 5.74) is 0.921. The maximum Gasteiger partial charge on any atom is 0.414 e. The smallest absolute Gasteiger partial charge is 0.414 e. The van der Waals surface area contributed by atoms with Crippen LogP contribution in [0.2, 0.25) is 0 Å². The first-order chi connectivity index (χ1) is 13.6. The van der Waals surface area contributed by atoms with Gasteiger partial charge in [-0.3, -0.25) is 14.3 Å². The fraction of sp³-hybridized carbons (Fsp3) is 0.438. The maximum absolute atomic E-state index is 12.4. The first-order valence-corrected chi connectivity index (χ1v) is 9.23. The first-order valence-electron chi connectivity index (χ1n) is 8.41. The van der Waals surface area contributed by atoms with Gasteiger partial charge in [0.1, 0.15) is 6.33 Å². The minimum absolute atomic E-state index is 0.0753. The Labute approximate surface area is 169 Å². The van der Waals surface area contributed by atoms with Gasteiger partial charge in [-0.2, -0.15) is 0 Å². The van der Waals surface area contributed by atoms with E-state index in [4.69, 9.17) is 19.8 Å². The van der Waals surface area contributed by atoms with Crippen LogP contribution < -0.4 is 0 Å². The van der Waals surface area contributed by atoms with Crippen molar-refractivity contribution in [3.8, 4) is 0 Å². The van der Waals surface area contributed by atoms with Crippen LogP contribution in [-0.2, 0) is 29.5 Å². The van der Waals surface area contributed by atoms with Crippen molar-refractivity contribution in [2.45, 2.75) is 12.8 Å². The molecular weight excluding hydrogens is 404 g/mol. The second-order valence-electron chi connectivity index (χ2n) is 6.23. The van der Waals surface area contributed by atoms with E-state index < -0.39 is 11.9 Å². The summed E-state index contributed by atoms with van der Waals surface area (Å²) in [4.78, 5) is 55.4. The second-order valence-corrected chi connectivity index (χ2v) is 7.32. The van der Waals surface area contributed by atoms with Crippen LogP contribution in [0.4, 0.5) is 0 Å². The van der Waals surface area contributed by atoms with Crippen LogP contribution in [0, 0.1) is 0 Å². The lowest BCUT2D eigenvalue weighted by Crippen LogP contribution is -2.34. The van der Waals surface area contributed by atoms with Crippen LogP contribution in [0.5, 0.6) is 0 Å². The minimum atomic E-state index is -1.82. The van der Waals surface area contributed by atoms with E-state index in [1.54, 1.807) is 26.0 Å². The highest BCUT2D eigenvalue weighted by molar-refractivity contribution is 7.13. The molecule has 0 saturated heterocycles. The number of carboxylic acid groups (broad SMARTS) is 2.